The monoisotopic (exact) mass is 309 g/mol. The molecule has 2 aromatic rings. The number of aromatic nitrogens is 1. The van der Waals surface area contributed by atoms with Crippen molar-refractivity contribution in [2.75, 3.05) is 6.61 Å². The molecule has 0 bridgehead atoms. The zero-order chi connectivity index (χ0) is 13.3. The molecule has 2 rings (SSSR count). The first-order valence-corrected chi connectivity index (χ1v) is 6.19. The number of carbonyl (C=O) groups is 1. The molecule has 0 aliphatic carbocycles. The van der Waals surface area contributed by atoms with E-state index in [4.69, 9.17) is 9.84 Å². The van der Waals surface area contributed by atoms with Crippen molar-refractivity contribution in [1.29, 1.82) is 0 Å². The predicted octanol–water partition coefficient (Wildman–Crippen LogP) is 3.08. The Morgan fingerprint density at radius 1 is 1.39 bits per heavy atom. The van der Waals surface area contributed by atoms with E-state index in [1.807, 2.05) is 26.0 Å². The summed E-state index contributed by atoms with van der Waals surface area (Å²) in [5.41, 5.74) is 2.62. The van der Waals surface area contributed by atoms with E-state index in [9.17, 15) is 4.79 Å². The third kappa shape index (κ3) is 2.61. The second kappa shape index (κ2) is 4.94. The number of aliphatic carboxylic acids is 1. The minimum Gasteiger partial charge on any atom is -0.481 e. The summed E-state index contributed by atoms with van der Waals surface area (Å²) in [6.07, 6.45) is 0. The fourth-order valence-electron chi connectivity index (χ4n) is 1.77. The average Bonchev–Trinajstić information content (AvgIpc) is 2.27. The summed E-state index contributed by atoms with van der Waals surface area (Å²) in [4.78, 5) is 15.0. The Labute approximate surface area is 113 Å². The highest BCUT2D eigenvalue weighted by Gasteiger charge is 2.10. The first-order valence-electron chi connectivity index (χ1n) is 5.39. The number of benzene rings is 1. The number of aryl methyl sites for hydroxylation is 2. The van der Waals surface area contributed by atoms with Crippen LogP contribution in [0.5, 0.6) is 5.75 Å². The van der Waals surface area contributed by atoms with E-state index in [1.165, 1.54) is 0 Å². The van der Waals surface area contributed by atoms with E-state index in [2.05, 4.69) is 20.9 Å². The Hall–Kier alpha value is -1.62. The average molecular weight is 310 g/mol. The Morgan fingerprint density at radius 2 is 2.11 bits per heavy atom. The number of fused-ring (bicyclic) bond motifs is 1. The van der Waals surface area contributed by atoms with E-state index < -0.39 is 5.97 Å². The largest absolute Gasteiger partial charge is 0.481 e. The number of ether oxygens (including phenoxy) is 1. The van der Waals surface area contributed by atoms with Crippen LogP contribution in [0.2, 0.25) is 0 Å². The van der Waals surface area contributed by atoms with E-state index in [0.717, 1.165) is 26.6 Å². The third-order valence-electron chi connectivity index (χ3n) is 2.45. The lowest BCUT2D eigenvalue weighted by Gasteiger charge is -2.10. The number of rotatable bonds is 3. The minimum absolute atomic E-state index is 0.357. The van der Waals surface area contributed by atoms with Crippen molar-refractivity contribution < 1.29 is 14.6 Å². The van der Waals surface area contributed by atoms with Gasteiger partial charge < -0.3 is 9.84 Å². The van der Waals surface area contributed by atoms with Crippen LogP contribution in [0.25, 0.3) is 10.9 Å². The van der Waals surface area contributed by atoms with Crippen molar-refractivity contribution in [2.24, 2.45) is 0 Å². The lowest BCUT2D eigenvalue weighted by Crippen LogP contribution is -2.10. The fraction of sp³-hybridized carbons (Fsp3) is 0.231. The van der Waals surface area contributed by atoms with Crippen molar-refractivity contribution in [1.82, 2.24) is 4.98 Å². The fourth-order valence-corrected chi connectivity index (χ4v) is 2.43. The third-order valence-corrected chi connectivity index (χ3v) is 3.06. The molecule has 0 fully saturated rings. The number of nitrogens with zero attached hydrogens (tertiary/aromatic N) is 1. The molecule has 5 heteroatoms. The molecule has 1 aromatic heterocycles. The summed E-state index contributed by atoms with van der Waals surface area (Å²) in [5, 5.41) is 9.49. The van der Waals surface area contributed by atoms with Crippen molar-refractivity contribution in [3.8, 4) is 5.75 Å². The van der Waals surface area contributed by atoms with Crippen molar-refractivity contribution in [2.45, 2.75) is 13.8 Å². The summed E-state index contributed by atoms with van der Waals surface area (Å²) >= 11 is 3.46. The SMILES string of the molecule is Cc1cc(Br)c2nc(C)cc(OCC(=O)O)c2c1. The van der Waals surface area contributed by atoms with Gasteiger partial charge in [0.1, 0.15) is 5.75 Å². The Kier molecular flexibility index (Phi) is 3.52. The standard InChI is InChI=1S/C13H12BrNO3/c1-7-3-9-11(18-6-12(16)17)5-8(2)15-13(9)10(14)4-7/h3-5H,6H2,1-2H3,(H,16,17). The van der Waals surface area contributed by atoms with Gasteiger partial charge in [0.25, 0.3) is 0 Å². The van der Waals surface area contributed by atoms with Crippen LogP contribution in [-0.2, 0) is 4.79 Å². The molecule has 0 spiro atoms. The molecule has 0 saturated heterocycles. The molecule has 1 aromatic carbocycles. The summed E-state index contributed by atoms with van der Waals surface area (Å²) in [7, 11) is 0. The first-order chi connectivity index (χ1) is 8.47. The topological polar surface area (TPSA) is 59.4 Å². The van der Waals surface area contributed by atoms with Crippen LogP contribution in [0, 0.1) is 13.8 Å². The molecule has 0 unspecified atom stereocenters. The highest BCUT2D eigenvalue weighted by molar-refractivity contribution is 9.10. The van der Waals surface area contributed by atoms with Gasteiger partial charge >= 0.3 is 5.97 Å². The summed E-state index contributed by atoms with van der Waals surface area (Å²) in [6, 6.07) is 5.65. The lowest BCUT2D eigenvalue weighted by atomic mass is 10.1. The van der Waals surface area contributed by atoms with Crippen molar-refractivity contribution in [3.05, 3.63) is 33.9 Å². The van der Waals surface area contributed by atoms with Gasteiger partial charge in [0.2, 0.25) is 0 Å². The van der Waals surface area contributed by atoms with Gasteiger partial charge in [-0.05, 0) is 47.5 Å². The van der Waals surface area contributed by atoms with E-state index >= 15 is 0 Å². The maximum Gasteiger partial charge on any atom is 0.341 e. The van der Waals surface area contributed by atoms with Gasteiger partial charge in [-0.1, -0.05) is 0 Å². The molecule has 0 radical (unpaired) electrons. The second-order valence-corrected chi connectivity index (χ2v) is 4.94. The zero-order valence-corrected chi connectivity index (χ0v) is 11.6. The lowest BCUT2D eigenvalue weighted by molar-refractivity contribution is -0.139. The smallest absolute Gasteiger partial charge is 0.341 e. The van der Waals surface area contributed by atoms with Gasteiger partial charge in [-0.3, -0.25) is 4.98 Å². The highest BCUT2D eigenvalue weighted by Crippen LogP contribution is 2.31. The molecular weight excluding hydrogens is 298 g/mol. The molecule has 0 aliphatic rings. The normalized spacial score (nSPS) is 10.6. The van der Waals surface area contributed by atoms with Crippen LogP contribution in [0.15, 0.2) is 22.7 Å². The maximum absolute atomic E-state index is 10.6. The van der Waals surface area contributed by atoms with Gasteiger partial charge in [-0.2, -0.15) is 0 Å². The number of pyridine rings is 1. The molecule has 4 nitrogen and oxygen atoms in total. The van der Waals surface area contributed by atoms with Crippen LogP contribution in [0.4, 0.5) is 0 Å². The van der Waals surface area contributed by atoms with E-state index in [-0.39, 0.29) is 6.61 Å². The van der Waals surface area contributed by atoms with Crippen molar-refractivity contribution in [3.63, 3.8) is 0 Å². The number of carboxylic acids is 1. The van der Waals surface area contributed by atoms with Crippen molar-refractivity contribution >= 4 is 32.8 Å². The predicted molar refractivity (Wildman–Crippen MR) is 72.0 cm³/mol. The molecule has 18 heavy (non-hydrogen) atoms. The van der Waals surface area contributed by atoms with E-state index in [1.54, 1.807) is 6.07 Å². The molecule has 1 N–H and O–H groups in total. The van der Waals surface area contributed by atoms with Gasteiger partial charge in [0, 0.05) is 21.6 Å². The molecular formula is C13H12BrNO3. The second-order valence-electron chi connectivity index (χ2n) is 4.09. The van der Waals surface area contributed by atoms with Crippen LogP contribution in [0.1, 0.15) is 11.3 Å². The van der Waals surface area contributed by atoms with E-state index in [0.29, 0.717) is 5.75 Å². The Balaban J connectivity index is 2.60. The summed E-state index contributed by atoms with van der Waals surface area (Å²) < 4.78 is 6.19. The molecule has 0 atom stereocenters. The number of halogens is 1. The number of carboxylic acid groups (broad SMARTS) is 1. The van der Waals surface area contributed by atoms with Crippen LogP contribution in [0.3, 0.4) is 0 Å². The summed E-state index contributed by atoms with van der Waals surface area (Å²) in [5.74, 6) is -0.450. The van der Waals surface area contributed by atoms with Crippen LogP contribution < -0.4 is 4.74 Å². The van der Waals surface area contributed by atoms with Gasteiger partial charge in [0.05, 0.1) is 5.52 Å². The van der Waals surface area contributed by atoms with Crippen LogP contribution >= 0.6 is 15.9 Å². The van der Waals surface area contributed by atoms with Gasteiger partial charge in [-0.25, -0.2) is 4.79 Å². The molecule has 0 amide bonds. The number of hydrogen-bond acceptors (Lipinski definition) is 3. The van der Waals surface area contributed by atoms with Gasteiger partial charge in [0.15, 0.2) is 6.61 Å². The quantitative estimate of drug-likeness (QED) is 0.946. The molecule has 0 saturated carbocycles. The van der Waals surface area contributed by atoms with Gasteiger partial charge in [-0.15, -0.1) is 0 Å². The maximum atomic E-state index is 10.6. The zero-order valence-electron chi connectivity index (χ0n) is 10.0. The number of hydrogen-bond donors (Lipinski definition) is 1. The molecule has 1 heterocycles. The first kappa shape index (κ1) is 12.8. The van der Waals surface area contributed by atoms with Crippen LogP contribution in [-0.4, -0.2) is 22.7 Å². The highest BCUT2D eigenvalue weighted by atomic mass is 79.9. The Bertz CT molecular complexity index is 625. The molecule has 0 aliphatic heterocycles. The Morgan fingerprint density at radius 3 is 2.78 bits per heavy atom. The summed E-state index contributed by atoms with van der Waals surface area (Å²) in [6.45, 7) is 3.45. The minimum atomic E-state index is -0.996. The molecule has 94 valence electrons.